The summed E-state index contributed by atoms with van der Waals surface area (Å²) in [6.45, 7) is 0.523. The molecule has 0 amide bonds. The van der Waals surface area contributed by atoms with Crippen molar-refractivity contribution in [3.8, 4) is 11.4 Å². The van der Waals surface area contributed by atoms with Crippen molar-refractivity contribution in [3.63, 3.8) is 0 Å². The van der Waals surface area contributed by atoms with Crippen LogP contribution in [0.5, 0.6) is 0 Å². The van der Waals surface area contributed by atoms with E-state index >= 15 is 0 Å². The zero-order valence-electron chi connectivity index (χ0n) is 11.9. The van der Waals surface area contributed by atoms with E-state index in [9.17, 15) is 4.39 Å². The molecule has 0 bridgehead atoms. The molecule has 22 heavy (non-hydrogen) atoms. The molecule has 4 nitrogen and oxygen atoms in total. The molecule has 0 aliphatic carbocycles. The van der Waals surface area contributed by atoms with Crippen LogP contribution in [0.1, 0.15) is 5.56 Å². The molecule has 112 valence electrons. The molecule has 0 aliphatic heterocycles. The molecule has 3 rings (SSSR count). The van der Waals surface area contributed by atoms with E-state index in [2.05, 4.69) is 15.4 Å². The maximum Gasteiger partial charge on any atom is 0.181 e. The minimum absolute atomic E-state index is 0.135. The first-order valence-corrected chi connectivity index (χ1v) is 7.13. The maximum absolute atomic E-state index is 13.4. The van der Waals surface area contributed by atoms with Gasteiger partial charge in [0.15, 0.2) is 5.82 Å². The molecule has 2 aromatic carbocycles. The Balaban J connectivity index is 1.67. The van der Waals surface area contributed by atoms with E-state index in [1.165, 1.54) is 6.07 Å². The van der Waals surface area contributed by atoms with E-state index in [0.29, 0.717) is 12.4 Å². The minimum Gasteiger partial charge on any atom is -0.381 e. The third-order valence-corrected chi connectivity index (χ3v) is 3.53. The molecule has 0 atom stereocenters. The van der Waals surface area contributed by atoms with Crippen molar-refractivity contribution in [1.82, 2.24) is 14.8 Å². The van der Waals surface area contributed by atoms with Gasteiger partial charge in [0.2, 0.25) is 0 Å². The third-order valence-electron chi connectivity index (χ3n) is 3.22. The number of rotatable bonds is 4. The smallest absolute Gasteiger partial charge is 0.181 e. The molecule has 1 heterocycles. The maximum atomic E-state index is 13.4. The zero-order valence-corrected chi connectivity index (χ0v) is 12.7. The highest BCUT2D eigenvalue weighted by molar-refractivity contribution is 6.30. The van der Waals surface area contributed by atoms with Crippen LogP contribution in [-0.2, 0) is 13.6 Å². The van der Waals surface area contributed by atoms with E-state index < -0.39 is 5.82 Å². The van der Waals surface area contributed by atoms with Crippen molar-refractivity contribution in [2.24, 2.45) is 7.05 Å². The van der Waals surface area contributed by atoms with Crippen LogP contribution >= 0.6 is 11.6 Å². The number of aromatic nitrogens is 3. The molecule has 0 saturated carbocycles. The largest absolute Gasteiger partial charge is 0.381 e. The lowest BCUT2D eigenvalue weighted by Gasteiger charge is -2.07. The van der Waals surface area contributed by atoms with Gasteiger partial charge in [0, 0.05) is 24.8 Å². The normalized spacial score (nSPS) is 10.7. The van der Waals surface area contributed by atoms with Gasteiger partial charge in [-0.05, 0) is 42.0 Å². The Morgan fingerprint density at radius 1 is 1.18 bits per heavy atom. The Bertz CT molecular complexity index is 783. The number of nitrogens with zero attached hydrogens (tertiary/aromatic N) is 3. The van der Waals surface area contributed by atoms with Gasteiger partial charge in [0.25, 0.3) is 0 Å². The first-order valence-electron chi connectivity index (χ1n) is 6.76. The molecule has 0 aliphatic rings. The highest BCUT2D eigenvalue weighted by Gasteiger charge is 2.04. The standard InChI is InChI=1S/C16H14ClFN4/c1-22-10-20-16(21-22)12-3-5-13(6-4-12)19-9-11-2-7-14(17)15(18)8-11/h2-8,10,19H,9H2,1H3. The van der Waals surface area contributed by atoms with Crippen LogP contribution in [-0.4, -0.2) is 14.8 Å². The number of anilines is 1. The summed E-state index contributed by atoms with van der Waals surface area (Å²) in [5.41, 5.74) is 2.72. The summed E-state index contributed by atoms with van der Waals surface area (Å²) in [6.07, 6.45) is 1.66. The minimum atomic E-state index is -0.405. The molecule has 6 heteroatoms. The molecule has 1 N–H and O–H groups in total. The predicted molar refractivity (Wildman–Crippen MR) is 85.2 cm³/mol. The van der Waals surface area contributed by atoms with Crippen LogP contribution in [0.25, 0.3) is 11.4 Å². The molecule has 1 aromatic heterocycles. The summed E-state index contributed by atoms with van der Waals surface area (Å²) in [5, 5.41) is 7.62. The Hall–Kier alpha value is -2.40. The third kappa shape index (κ3) is 3.26. The summed E-state index contributed by atoms with van der Waals surface area (Å²) in [6, 6.07) is 12.6. The predicted octanol–water partition coefficient (Wildman–Crippen LogP) is 3.89. The van der Waals surface area contributed by atoms with Crippen molar-refractivity contribution in [1.29, 1.82) is 0 Å². The van der Waals surface area contributed by atoms with Gasteiger partial charge < -0.3 is 5.32 Å². The number of nitrogens with one attached hydrogen (secondary N) is 1. The van der Waals surface area contributed by atoms with Crippen molar-refractivity contribution in [2.75, 3.05) is 5.32 Å². The summed E-state index contributed by atoms with van der Waals surface area (Å²) < 4.78 is 15.0. The topological polar surface area (TPSA) is 42.7 Å². The van der Waals surface area contributed by atoms with Crippen molar-refractivity contribution >= 4 is 17.3 Å². The van der Waals surface area contributed by atoms with Gasteiger partial charge in [-0.15, -0.1) is 0 Å². The summed E-state index contributed by atoms with van der Waals surface area (Å²) in [4.78, 5) is 4.20. The molecule has 3 aromatic rings. The first-order chi connectivity index (χ1) is 10.6. The highest BCUT2D eigenvalue weighted by atomic mass is 35.5. The van der Waals surface area contributed by atoms with E-state index in [1.807, 2.05) is 31.3 Å². The lowest BCUT2D eigenvalue weighted by atomic mass is 10.2. The number of benzene rings is 2. The van der Waals surface area contributed by atoms with Crippen LogP contribution in [0.15, 0.2) is 48.8 Å². The Morgan fingerprint density at radius 3 is 2.59 bits per heavy atom. The number of hydrogen-bond donors (Lipinski definition) is 1. The van der Waals surface area contributed by atoms with Gasteiger partial charge in [0.1, 0.15) is 12.1 Å². The second-order valence-corrected chi connectivity index (χ2v) is 5.33. The van der Waals surface area contributed by atoms with Gasteiger partial charge in [0.05, 0.1) is 5.02 Å². The van der Waals surface area contributed by atoms with E-state index in [4.69, 9.17) is 11.6 Å². The van der Waals surface area contributed by atoms with Gasteiger partial charge >= 0.3 is 0 Å². The lowest BCUT2D eigenvalue weighted by Crippen LogP contribution is -1.99. The second kappa shape index (κ2) is 6.15. The zero-order chi connectivity index (χ0) is 15.5. The molecule has 0 unspecified atom stereocenters. The van der Waals surface area contributed by atoms with Gasteiger partial charge in [-0.1, -0.05) is 17.7 Å². The average Bonchev–Trinajstić information content (AvgIpc) is 2.95. The van der Waals surface area contributed by atoms with Crippen LogP contribution in [0.3, 0.4) is 0 Å². The Labute approximate surface area is 132 Å². The van der Waals surface area contributed by atoms with Crippen LogP contribution in [0.2, 0.25) is 5.02 Å². The van der Waals surface area contributed by atoms with E-state index in [1.54, 1.807) is 23.1 Å². The van der Waals surface area contributed by atoms with Crippen molar-refractivity contribution in [3.05, 3.63) is 65.2 Å². The number of halogens is 2. The molecule has 0 fully saturated rings. The highest BCUT2D eigenvalue weighted by Crippen LogP contribution is 2.19. The molecule has 0 saturated heterocycles. The molecular formula is C16H14ClFN4. The van der Waals surface area contributed by atoms with Crippen molar-refractivity contribution in [2.45, 2.75) is 6.54 Å². The van der Waals surface area contributed by atoms with Crippen LogP contribution in [0.4, 0.5) is 10.1 Å². The van der Waals surface area contributed by atoms with Gasteiger partial charge in [-0.3, -0.25) is 4.68 Å². The fourth-order valence-electron chi connectivity index (χ4n) is 2.06. The summed E-state index contributed by atoms with van der Waals surface area (Å²) in [5.74, 6) is 0.284. The first kappa shape index (κ1) is 14.5. The van der Waals surface area contributed by atoms with Gasteiger partial charge in [-0.25, -0.2) is 9.37 Å². The monoisotopic (exact) mass is 316 g/mol. The lowest BCUT2D eigenvalue weighted by molar-refractivity contribution is 0.626. The molecule has 0 spiro atoms. The van der Waals surface area contributed by atoms with Crippen molar-refractivity contribution < 1.29 is 4.39 Å². The summed E-state index contributed by atoms with van der Waals surface area (Å²) in [7, 11) is 1.83. The molecular weight excluding hydrogens is 303 g/mol. The number of hydrogen-bond acceptors (Lipinski definition) is 3. The number of aryl methyl sites for hydroxylation is 1. The molecule has 0 radical (unpaired) electrons. The fourth-order valence-corrected chi connectivity index (χ4v) is 2.18. The Kier molecular flexibility index (Phi) is 4.06. The van der Waals surface area contributed by atoms with Crippen LogP contribution < -0.4 is 5.32 Å². The second-order valence-electron chi connectivity index (χ2n) is 4.92. The fraction of sp³-hybridized carbons (Fsp3) is 0.125. The Morgan fingerprint density at radius 2 is 1.95 bits per heavy atom. The van der Waals surface area contributed by atoms with Gasteiger partial charge in [-0.2, -0.15) is 5.10 Å². The van der Waals surface area contributed by atoms with Crippen LogP contribution in [0, 0.1) is 5.82 Å². The SMILES string of the molecule is Cn1cnc(-c2ccc(NCc3ccc(Cl)c(F)c3)cc2)n1. The summed E-state index contributed by atoms with van der Waals surface area (Å²) >= 11 is 5.67. The quantitative estimate of drug-likeness (QED) is 0.794. The van der Waals surface area contributed by atoms with E-state index in [0.717, 1.165) is 16.8 Å². The average molecular weight is 317 g/mol. The van der Waals surface area contributed by atoms with E-state index in [-0.39, 0.29) is 5.02 Å².